The summed E-state index contributed by atoms with van der Waals surface area (Å²) in [5.41, 5.74) is 9.66. The van der Waals surface area contributed by atoms with E-state index in [2.05, 4.69) is 4.90 Å². The van der Waals surface area contributed by atoms with E-state index in [0.29, 0.717) is 5.92 Å². The first-order valence-electron chi connectivity index (χ1n) is 7.05. The van der Waals surface area contributed by atoms with E-state index in [9.17, 15) is 0 Å². The number of nitrogen functional groups attached to an aromatic ring is 1. The van der Waals surface area contributed by atoms with Crippen LogP contribution in [0.5, 0.6) is 5.75 Å². The van der Waals surface area contributed by atoms with Crippen LogP contribution in [-0.4, -0.2) is 30.0 Å². The van der Waals surface area contributed by atoms with Gasteiger partial charge in [-0.1, -0.05) is 0 Å². The molecule has 1 aromatic heterocycles. The third-order valence-electron chi connectivity index (χ3n) is 4.44. The molecule has 1 saturated heterocycles. The summed E-state index contributed by atoms with van der Waals surface area (Å²) in [6.45, 7) is 2.21. The van der Waals surface area contributed by atoms with Crippen molar-refractivity contribution in [3.05, 3.63) is 30.0 Å². The fourth-order valence-electron chi connectivity index (χ4n) is 3.34. The van der Waals surface area contributed by atoms with Gasteiger partial charge in [-0.15, -0.1) is 0 Å². The zero-order valence-electron chi connectivity index (χ0n) is 11.5. The molecular weight excluding hydrogens is 252 g/mol. The van der Waals surface area contributed by atoms with Gasteiger partial charge in [0.1, 0.15) is 11.4 Å². The van der Waals surface area contributed by atoms with E-state index in [0.717, 1.165) is 36.0 Å². The van der Waals surface area contributed by atoms with Crippen LogP contribution >= 0.6 is 0 Å². The Morgan fingerprint density at radius 2 is 1.90 bits per heavy atom. The average molecular weight is 270 g/mol. The van der Waals surface area contributed by atoms with Crippen molar-refractivity contribution in [3.8, 4) is 11.4 Å². The zero-order valence-corrected chi connectivity index (χ0v) is 11.5. The number of benzene rings is 1. The lowest BCUT2D eigenvalue weighted by Gasteiger charge is -2.39. The van der Waals surface area contributed by atoms with Crippen LogP contribution in [0.2, 0.25) is 0 Å². The van der Waals surface area contributed by atoms with Crippen LogP contribution in [0.15, 0.2) is 24.3 Å². The molecule has 2 N–H and O–H groups in total. The second kappa shape index (κ2) is 4.16. The van der Waals surface area contributed by atoms with E-state index in [1.807, 2.05) is 28.9 Å². The van der Waals surface area contributed by atoms with Gasteiger partial charge in [0, 0.05) is 19.0 Å². The normalized spacial score (nSPS) is 17.4. The average Bonchev–Trinajstić information content (AvgIpc) is 2.89. The smallest absolute Gasteiger partial charge is 0.151 e. The summed E-state index contributed by atoms with van der Waals surface area (Å²) in [7, 11) is 1.67. The highest BCUT2D eigenvalue weighted by molar-refractivity contribution is 5.72. The van der Waals surface area contributed by atoms with Gasteiger partial charge in [-0.25, -0.2) is 4.68 Å². The molecular formula is C15H18N4O. The zero-order chi connectivity index (χ0) is 13.7. The molecule has 4 heterocycles. The monoisotopic (exact) mass is 270 g/mol. The molecule has 3 aliphatic rings. The second-order valence-corrected chi connectivity index (χ2v) is 5.49. The Hall–Kier alpha value is -2.17. The standard InChI is InChI=1S/C15H18N4O/c1-20-12-4-2-11(3-5-12)19-15(16)14-13(17-19)10-6-8-18(14)9-7-10/h2-5,10H,6-9,16H2,1H3. The van der Waals surface area contributed by atoms with Crippen LogP contribution in [0.4, 0.5) is 11.5 Å². The summed E-state index contributed by atoms with van der Waals surface area (Å²) in [4.78, 5) is 2.37. The van der Waals surface area contributed by atoms with E-state index in [4.69, 9.17) is 15.6 Å². The first-order valence-corrected chi connectivity index (χ1v) is 7.05. The van der Waals surface area contributed by atoms with Crippen molar-refractivity contribution in [2.45, 2.75) is 18.8 Å². The second-order valence-electron chi connectivity index (χ2n) is 5.49. The Morgan fingerprint density at radius 3 is 2.50 bits per heavy atom. The minimum absolute atomic E-state index is 0.580. The summed E-state index contributed by atoms with van der Waals surface area (Å²) < 4.78 is 7.05. The molecule has 20 heavy (non-hydrogen) atoms. The van der Waals surface area contributed by atoms with Crippen LogP contribution in [0.3, 0.4) is 0 Å². The molecule has 5 heteroatoms. The first kappa shape index (κ1) is 11.6. The molecule has 0 saturated carbocycles. The molecule has 1 fully saturated rings. The van der Waals surface area contributed by atoms with Crippen molar-refractivity contribution >= 4 is 11.5 Å². The van der Waals surface area contributed by atoms with Crippen molar-refractivity contribution in [1.82, 2.24) is 9.78 Å². The molecule has 1 aromatic carbocycles. The number of fused-ring (bicyclic) bond motifs is 2. The van der Waals surface area contributed by atoms with Gasteiger partial charge in [0.25, 0.3) is 0 Å². The fourth-order valence-corrected chi connectivity index (χ4v) is 3.34. The Morgan fingerprint density at radius 1 is 1.20 bits per heavy atom. The lowest BCUT2D eigenvalue weighted by molar-refractivity contribution is 0.414. The van der Waals surface area contributed by atoms with Gasteiger partial charge in [0.2, 0.25) is 0 Å². The maximum absolute atomic E-state index is 6.34. The molecule has 5 nitrogen and oxygen atoms in total. The molecule has 0 aliphatic carbocycles. The summed E-state index contributed by atoms with van der Waals surface area (Å²) >= 11 is 0. The maximum atomic E-state index is 6.34. The van der Waals surface area contributed by atoms with Gasteiger partial charge in [-0.3, -0.25) is 0 Å². The number of rotatable bonds is 2. The number of piperidine rings is 1. The summed E-state index contributed by atoms with van der Waals surface area (Å²) in [5, 5.41) is 4.77. The van der Waals surface area contributed by atoms with Crippen molar-refractivity contribution < 1.29 is 4.74 Å². The predicted molar refractivity (Wildman–Crippen MR) is 78.7 cm³/mol. The van der Waals surface area contributed by atoms with Gasteiger partial charge in [-0.2, -0.15) is 5.10 Å². The number of nitrogens with two attached hydrogens (primary N) is 1. The van der Waals surface area contributed by atoms with Crippen LogP contribution in [0, 0.1) is 0 Å². The van der Waals surface area contributed by atoms with Gasteiger partial charge in [0.05, 0.1) is 18.5 Å². The number of aromatic nitrogens is 2. The highest BCUT2D eigenvalue weighted by Gasteiger charge is 2.36. The molecule has 0 atom stereocenters. The van der Waals surface area contributed by atoms with Gasteiger partial charge >= 0.3 is 0 Å². The van der Waals surface area contributed by atoms with Gasteiger partial charge in [-0.05, 0) is 37.1 Å². The molecule has 5 rings (SSSR count). The Labute approximate surface area is 117 Å². The molecule has 104 valence electrons. The SMILES string of the molecule is COc1ccc(-n2nc3c(c2N)N2CCC3CC2)cc1. The van der Waals surface area contributed by atoms with Crippen molar-refractivity contribution in [1.29, 1.82) is 0 Å². The van der Waals surface area contributed by atoms with E-state index in [1.165, 1.54) is 18.5 Å². The minimum Gasteiger partial charge on any atom is -0.497 e. The Balaban J connectivity index is 1.81. The Bertz CT molecular complexity index is 639. The Kier molecular flexibility index (Phi) is 2.42. The van der Waals surface area contributed by atoms with Crippen molar-refractivity contribution in [3.63, 3.8) is 0 Å². The molecule has 0 amide bonds. The summed E-state index contributed by atoms with van der Waals surface area (Å²) in [5.74, 6) is 2.18. The van der Waals surface area contributed by atoms with E-state index in [-0.39, 0.29) is 0 Å². The van der Waals surface area contributed by atoms with E-state index in [1.54, 1.807) is 7.11 Å². The predicted octanol–water partition coefficient (Wildman–Crippen LogP) is 2.16. The summed E-state index contributed by atoms with van der Waals surface area (Å²) in [6, 6.07) is 7.85. The third kappa shape index (κ3) is 1.52. The maximum Gasteiger partial charge on any atom is 0.151 e. The number of methoxy groups -OCH3 is 1. The molecule has 3 aliphatic heterocycles. The van der Waals surface area contributed by atoms with Gasteiger partial charge < -0.3 is 15.4 Å². The number of hydrogen-bond acceptors (Lipinski definition) is 4. The highest BCUT2D eigenvalue weighted by Crippen LogP contribution is 2.45. The number of hydrogen-bond donors (Lipinski definition) is 1. The van der Waals surface area contributed by atoms with Crippen molar-refractivity contribution in [2.75, 3.05) is 30.8 Å². The molecule has 0 spiro atoms. The quantitative estimate of drug-likeness (QED) is 0.908. The summed E-state index contributed by atoms with van der Waals surface area (Å²) in [6.07, 6.45) is 2.40. The van der Waals surface area contributed by atoms with E-state index >= 15 is 0 Å². The third-order valence-corrected chi connectivity index (χ3v) is 4.44. The molecule has 2 aromatic rings. The topological polar surface area (TPSA) is 56.3 Å². The fraction of sp³-hybridized carbons (Fsp3) is 0.400. The van der Waals surface area contributed by atoms with E-state index < -0.39 is 0 Å². The lowest BCUT2D eigenvalue weighted by Crippen LogP contribution is -2.38. The first-order chi connectivity index (χ1) is 9.78. The lowest BCUT2D eigenvalue weighted by atomic mass is 9.87. The van der Waals surface area contributed by atoms with Crippen LogP contribution < -0.4 is 15.4 Å². The van der Waals surface area contributed by atoms with Crippen LogP contribution in [0.25, 0.3) is 5.69 Å². The minimum atomic E-state index is 0.580. The van der Waals surface area contributed by atoms with Crippen LogP contribution in [-0.2, 0) is 0 Å². The van der Waals surface area contributed by atoms with Crippen molar-refractivity contribution in [2.24, 2.45) is 0 Å². The number of nitrogens with zero attached hydrogens (tertiary/aromatic N) is 3. The molecule has 0 radical (unpaired) electrons. The van der Waals surface area contributed by atoms with Gasteiger partial charge in [0.15, 0.2) is 5.82 Å². The highest BCUT2D eigenvalue weighted by atomic mass is 16.5. The number of ether oxygens (including phenoxy) is 1. The van der Waals surface area contributed by atoms with Crippen LogP contribution in [0.1, 0.15) is 24.5 Å². The number of anilines is 2. The molecule has 0 unspecified atom stereocenters. The molecule has 2 bridgehead atoms. The largest absolute Gasteiger partial charge is 0.497 e.